The van der Waals surface area contributed by atoms with E-state index in [9.17, 15) is 9.59 Å². The number of rotatable bonds is 4. The number of nitrogens with one attached hydrogen (secondary N) is 1. The fourth-order valence-electron chi connectivity index (χ4n) is 3.54. The number of fused-ring (bicyclic) bond motifs is 1. The van der Waals surface area contributed by atoms with Crippen LogP contribution in [0.5, 0.6) is 0 Å². The Hall–Kier alpha value is -2.40. The Labute approximate surface area is 155 Å². The van der Waals surface area contributed by atoms with Gasteiger partial charge in [0.2, 0.25) is 11.8 Å². The number of hydrogen-bond acceptors (Lipinski definition) is 3. The van der Waals surface area contributed by atoms with E-state index in [4.69, 9.17) is 0 Å². The minimum absolute atomic E-state index is 0.00313. The molecule has 0 radical (unpaired) electrons. The summed E-state index contributed by atoms with van der Waals surface area (Å²) in [5, 5.41) is 5.25. The highest BCUT2D eigenvalue weighted by molar-refractivity contribution is 6.03. The van der Waals surface area contributed by atoms with Crippen LogP contribution in [0.1, 0.15) is 26.7 Å². The van der Waals surface area contributed by atoms with E-state index in [0.717, 1.165) is 42.5 Å². The van der Waals surface area contributed by atoms with Crippen LogP contribution in [-0.2, 0) is 9.59 Å². The van der Waals surface area contributed by atoms with E-state index < -0.39 is 0 Å². The zero-order valence-corrected chi connectivity index (χ0v) is 15.6. The predicted molar refractivity (Wildman–Crippen MR) is 105 cm³/mol. The van der Waals surface area contributed by atoms with Crippen molar-refractivity contribution in [3.63, 3.8) is 0 Å². The van der Waals surface area contributed by atoms with E-state index >= 15 is 0 Å². The average Bonchev–Trinajstić information content (AvgIpc) is 2.93. The Morgan fingerprint density at radius 3 is 2.62 bits per heavy atom. The Kier molecular flexibility index (Phi) is 5.89. The molecule has 1 fully saturated rings. The molecule has 1 unspecified atom stereocenters. The summed E-state index contributed by atoms with van der Waals surface area (Å²) in [6.45, 7) is 6.87. The highest BCUT2D eigenvalue weighted by Gasteiger charge is 2.25. The molecule has 0 saturated carbocycles. The minimum atomic E-state index is -0.231. The van der Waals surface area contributed by atoms with Crippen LogP contribution >= 0.6 is 0 Å². The first-order valence-corrected chi connectivity index (χ1v) is 9.40. The van der Waals surface area contributed by atoms with Gasteiger partial charge in [0.1, 0.15) is 0 Å². The molecular formula is C21H27N3O2. The van der Waals surface area contributed by atoms with Crippen LogP contribution in [-0.4, -0.2) is 53.8 Å². The second kappa shape index (κ2) is 8.32. The first-order chi connectivity index (χ1) is 12.6. The van der Waals surface area contributed by atoms with E-state index in [1.807, 2.05) is 61.2 Å². The Morgan fingerprint density at radius 1 is 1.04 bits per heavy atom. The van der Waals surface area contributed by atoms with Gasteiger partial charge in [-0.05, 0) is 24.8 Å². The second-order valence-electron chi connectivity index (χ2n) is 6.82. The molecule has 1 aliphatic heterocycles. The van der Waals surface area contributed by atoms with Crippen molar-refractivity contribution in [3.8, 4) is 0 Å². The van der Waals surface area contributed by atoms with Gasteiger partial charge in [-0.25, -0.2) is 0 Å². The lowest BCUT2D eigenvalue weighted by molar-refractivity contribution is -0.130. The first kappa shape index (κ1) is 18.4. The number of carbonyl (C=O) groups is 2. The summed E-state index contributed by atoms with van der Waals surface area (Å²) < 4.78 is 0. The van der Waals surface area contributed by atoms with E-state index in [2.05, 4.69) is 10.2 Å². The summed E-state index contributed by atoms with van der Waals surface area (Å²) in [5.74, 6) is 0.191. The number of benzene rings is 2. The van der Waals surface area contributed by atoms with Gasteiger partial charge >= 0.3 is 0 Å². The monoisotopic (exact) mass is 353 g/mol. The Balaban J connectivity index is 1.67. The Bertz CT molecular complexity index is 784. The van der Waals surface area contributed by atoms with Crippen molar-refractivity contribution in [1.29, 1.82) is 0 Å². The number of amides is 2. The number of anilines is 1. The smallest absolute Gasteiger partial charge is 0.241 e. The molecule has 0 bridgehead atoms. The van der Waals surface area contributed by atoms with Crippen molar-refractivity contribution in [2.24, 2.45) is 0 Å². The summed E-state index contributed by atoms with van der Waals surface area (Å²) in [7, 11) is 0. The number of carbonyl (C=O) groups excluding carboxylic acids is 2. The van der Waals surface area contributed by atoms with Crippen molar-refractivity contribution in [3.05, 3.63) is 42.5 Å². The molecule has 0 spiro atoms. The zero-order valence-electron chi connectivity index (χ0n) is 15.6. The van der Waals surface area contributed by atoms with Gasteiger partial charge in [-0.15, -0.1) is 0 Å². The molecule has 1 saturated heterocycles. The molecule has 26 heavy (non-hydrogen) atoms. The third kappa shape index (κ3) is 4.05. The Morgan fingerprint density at radius 2 is 1.81 bits per heavy atom. The summed E-state index contributed by atoms with van der Waals surface area (Å²) in [4.78, 5) is 28.8. The zero-order chi connectivity index (χ0) is 18.5. The van der Waals surface area contributed by atoms with Crippen LogP contribution in [0.25, 0.3) is 10.8 Å². The third-order valence-corrected chi connectivity index (χ3v) is 5.16. The first-order valence-electron chi connectivity index (χ1n) is 9.40. The number of hydrogen-bond donors (Lipinski definition) is 1. The van der Waals surface area contributed by atoms with Crippen LogP contribution in [0.15, 0.2) is 42.5 Å². The topological polar surface area (TPSA) is 52.7 Å². The summed E-state index contributed by atoms with van der Waals surface area (Å²) in [6.07, 6.45) is 1.44. The normalized spacial score (nSPS) is 16.9. The minimum Gasteiger partial charge on any atom is -0.341 e. The maximum Gasteiger partial charge on any atom is 0.241 e. The van der Waals surface area contributed by atoms with Crippen molar-refractivity contribution in [2.45, 2.75) is 32.7 Å². The lowest BCUT2D eigenvalue weighted by Gasteiger charge is -2.27. The van der Waals surface area contributed by atoms with E-state index in [1.54, 1.807) is 0 Å². The van der Waals surface area contributed by atoms with Crippen LogP contribution in [0.4, 0.5) is 5.69 Å². The molecule has 3 rings (SSSR count). The third-order valence-electron chi connectivity index (χ3n) is 5.16. The molecule has 1 aliphatic rings. The summed E-state index contributed by atoms with van der Waals surface area (Å²) in [6, 6.07) is 13.8. The molecule has 2 amide bonds. The second-order valence-corrected chi connectivity index (χ2v) is 6.82. The van der Waals surface area contributed by atoms with E-state index in [0.29, 0.717) is 13.0 Å². The van der Waals surface area contributed by atoms with Crippen LogP contribution in [0, 0.1) is 0 Å². The van der Waals surface area contributed by atoms with Gasteiger partial charge in [-0.2, -0.15) is 0 Å². The van der Waals surface area contributed by atoms with Crippen molar-refractivity contribution >= 4 is 28.3 Å². The SMILES string of the molecule is CCC(=O)N1CCCN(C(C)C(=O)Nc2cccc3ccccc23)CC1. The number of nitrogens with zero attached hydrogens (tertiary/aromatic N) is 2. The van der Waals surface area contributed by atoms with E-state index in [-0.39, 0.29) is 17.9 Å². The molecule has 0 aromatic heterocycles. The standard InChI is InChI=1S/C21H27N3O2/c1-3-20(25)24-13-7-12-23(14-15-24)16(2)21(26)22-19-11-6-9-17-8-4-5-10-18(17)19/h4-6,8-11,16H,3,7,12-15H2,1-2H3,(H,22,26). The van der Waals surface area contributed by atoms with Gasteiger partial charge in [0.05, 0.1) is 6.04 Å². The molecule has 2 aromatic carbocycles. The largest absolute Gasteiger partial charge is 0.341 e. The lowest BCUT2D eigenvalue weighted by Crippen LogP contribution is -2.44. The molecular weight excluding hydrogens is 326 g/mol. The maximum absolute atomic E-state index is 12.8. The predicted octanol–water partition coefficient (Wildman–Crippen LogP) is 3.11. The van der Waals surface area contributed by atoms with Gasteiger partial charge in [0.25, 0.3) is 0 Å². The van der Waals surface area contributed by atoms with Crippen LogP contribution in [0.3, 0.4) is 0 Å². The highest BCUT2D eigenvalue weighted by atomic mass is 16.2. The van der Waals surface area contributed by atoms with Gasteiger partial charge in [-0.1, -0.05) is 43.3 Å². The molecule has 1 atom stereocenters. The lowest BCUT2D eigenvalue weighted by atomic mass is 10.1. The molecule has 1 N–H and O–H groups in total. The average molecular weight is 353 g/mol. The van der Waals surface area contributed by atoms with Crippen LogP contribution in [0.2, 0.25) is 0 Å². The van der Waals surface area contributed by atoms with Gasteiger partial charge in [-0.3, -0.25) is 14.5 Å². The fraction of sp³-hybridized carbons (Fsp3) is 0.429. The van der Waals surface area contributed by atoms with Gasteiger partial charge in [0.15, 0.2) is 0 Å². The molecule has 5 heteroatoms. The molecule has 5 nitrogen and oxygen atoms in total. The van der Waals surface area contributed by atoms with Gasteiger partial charge < -0.3 is 10.2 Å². The fourth-order valence-corrected chi connectivity index (χ4v) is 3.54. The van der Waals surface area contributed by atoms with Crippen LogP contribution < -0.4 is 5.32 Å². The van der Waals surface area contributed by atoms with Crippen molar-refractivity contribution in [2.75, 3.05) is 31.5 Å². The van der Waals surface area contributed by atoms with Crippen molar-refractivity contribution < 1.29 is 9.59 Å². The summed E-state index contributed by atoms with van der Waals surface area (Å²) in [5.41, 5.74) is 0.845. The molecule has 2 aromatic rings. The van der Waals surface area contributed by atoms with E-state index in [1.165, 1.54) is 0 Å². The highest BCUT2D eigenvalue weighted by Crippen LogP contribution is 2.23. The van der Waals surface area contributed by atoms with Gasteiger partial charge in [0, 0.05) is 43.7 Å². The summed E-state index contributed by atoms with van der Waals surface area (Å²) >= 11 is 0. The maximum atomic E-state index is 12.8. The van der Waals surface area contributed by atoms with Crippen molar-refractivity contribution in [1.82, 2.24) is 9.80 Å². The quantitative estimate of drug-likeness (QED) is 0.919. The molecule has 138 valence electrons. The molecule has 0 aliphatic carbocycles. The molecule has 1 heterocycles.